The minimum absolute atomic E-state index is 0.136. The normalized spacial score (nSPS) is 17.1. The van der Waals surface area contributed by atoms with Gasteiger partial charge in [0.15, 0.2) is 0 Å². The lowest BCUT2D eigenvalue weighted by Gasteiger charge is -2.21. The summed E-state index contributed by atoms with van der Waals surface area (Å²) >= 11 is 0. The Balaban J connectivity index is 1.87. The zero-order valence-electron chi connectivity index (χ0n) is 14.1. The average molecular weight is 317 g/mol. The predicted molar refractivity (Wildman–Crippen MR) is 86.7 cm³/mol. The van der Waals surface area contributed by atoms with Crippen molar-refractivity contribution in [1.82, 2.24) is 14.8 Å². The smallest absolute Gasteiger partial charge is 0.252 e. The molecule has 0 saturated heterocycles. The summed E-state index contributed by atoms with van der Waals surface area (Å²) in [5.74, 6) is -1.90. The lowest BCUT2D eigenvalue weighted by molar-refractivity contribution is -0.152. The van der Waals surface area contributed by atoms with E-state index in [-0.39, 0.29) is 12.6 Å². The van der Waals surface area contributed by atoms with Crippen LogP contribution in [0, 0.1) is 0 Å². The molecule has 1 aliphatic carbocycles. The van der Waals surface area contributed by atoms with Gasteiger partial charge in [0.25, 0.3) is 5.85 Å². The molecule has 1 atom stereocenters. The van der Waals surface area contributed by atoms with Gasteiger partial charge in [-0.05, 0) is 51.7 Å². The summed E-state index contributed by atoms with van der Waals surface area (Å²) in [4.78, 5) is 4.18. The molecule has 1 aliphatic rings. The molecule has 0 fully saturated rings. The third-order valence-corrected chi connectivity index (χ3v) is 4.34. The maximum absolute atomic E-state index is 15.2. The van der Waals surface area contributed by atoms with Crippen LogP contribution in [-0.4, -0.2) is 14.8 Å². The van der Waals surface area contributed by atoms with Crippen molar-refractivity contribution in [2.24, 2.45) is 0 Å². The first kappa shape index (κ1) is 16.1. The lowest BCUT2D eigenvalue weighted by atomic mass is 9.93. The fourth-order valence-corrected chi connectivity index (χ4v) is 3.17. The summed E-state index contributed by atoms with van der Waals surface area (Å²) in [5.41, 5.74) is 3.37. The van der Waals surface area contributed by atoms with Crippen LogP contribution < -0.4 is 0 Å². The molecule has 124 valence electrons. The van der Waals surface area contributed by atoms with Crippen molar-refractivity contribution >= 4 is 0 Å². The van der Waals surface area contributed by atoms with E-state index in [1.165, 1.54) is 12.6 Å². The van der Waals surface area contributed by atoms with E-state index in [9.17, 15) is 0 Å². The maximum atomic E-state index is 15.2. The SMILES string of the molecule is CC(C)n1nc(C(C)(F)OCc2ccccn2)c2c1CCCC2. The molecule has 0 aliphatic heterocycles. The fraction of sp³-hybridized carbons (Fsp3) is 0.556. The molecule has 0 radical (unpaired) electrons. The van der Waals surface area contributed by atoms with Gasteiger partial charge in [-0.2, -0.15) is 5.10 Å². The summed E-state index contributed by atoms with van der Waals surface area (Å²) in [5, 5.41) is 4.57. The minimum atomic E-state index is -1.90. The Morgan fingerprint density at radius 1 is 1.30 bits per heavy atom. The Morgan fingerprint density at radius 2 is 2.09 bits per heavy atom. The van der Waals surface area contributed by atoms with Crippen LogP contribution in [0.3, 0.4) is 0 Å². The largest absolute Gasteiger partial charge is 0.335 e. The predicted octanol–water partition coefficient (Wildman–Crippen LogP) is 4.10. The van der Waals surface area contributed by atoms with Gasteiger partial charge in [-0.1, -0.05) is 6.07 Å². The lowest BCUT2D eigenvalue weighted by Crippen LogP contribution is -2.23. The van der Waals surface area contributed by atoms with Crippen molar-refractivity contribution in [1.29, 1.82) is 0 Å². The second kappa shape index (κ2) is 6.40. The number of ether oxygens (including phenoxy) is 1. The molecule has 4 nitrogen and oxygen atoms in total. The Labute approximate surface area is 136 Å². The first-order valence-corrected chi connectivity index (χ1v) is 8.32. The van der Waals surface area contributed by atoms with Crippen LogP contribution in [0.4, 0.5) is 4.39 Å². The van der Waals surface area contributed by atoms with Crippen molar-refractivity contribution in [2.75, 3.05) is 0 Å². The number of hydrogen-bond acceptors (Lipinski definition) is 3. The summed E-state index contributed by atoms with van der Waals surface area (Å²) in [6.45, 7) is 5.75. The van der Waals surface area contributed by atoms with Crippen LogP contribution in [0.2, 0.25) is 0 Å². The molecule has 0 amide bonds. The van der Waals surface area contributed by atoms with E-state index in [1.807, 2.05) is 22.9 Å². The number of nitrogens with zero attached hydrogens (tertiary/aromatic N) is 3. The number of pyridine rings is 1. The Hall–Kier alpha value is -1.75. The standard InChI is InChI=1S/C18H24FN3O/c1-13(2)22-16-10-5-4-9-15(16)17(21-22)18(3,19)23-12-14-8-6-7-11-20-14/h6-8,11,13H,4-5,9-10,12H2,1-3H3. The Kier molecular flexibility index (Phi) is 4.48. The number of fused-ring (bicyclic) bond motifs is 1. The van der Waals surface area contributed by atoms with Gasteiger partial charge in [0.05, 0.1) is 12.3 Å². The average Bonchev–Trinajstić information content (AvgIpc) is 2.95. The number of aromatic nitrogens is 3. The molecule has 23 heavy (non-hydrogen) atoms. The van der Waals surface area contributed by atoms with Gasteiger partial charge < -0.3 is 4.74 Å². The highest BCUT2D eigenvalue weighted by Crippen LogP contribution is 2.36. The van der Waals surface area contributed by atoms with Gasteiger partial charge in [0.2, 0.25) is 0 Å². The summed E-state index contributed by atoms with van der Waals surface area (Å²) in [7, 11) is 0. The van der Waals surface area contributed by atoms with Crippen molar-refractivity contribution in [3.05, 3.63) is 47.0 Å². The van der Waals surface area contributed by atoms with Crippen LogP contribution in [0.5, 0.6) is 0 Å². The molecule has 2 aromatic rings. The number of hydrogen-bond donors (Lipinski definition) is 0. The van der Waals surface area contributed by atoms with Crippen molar-refractivity contribution in [2.45, 2.75) is 65.0 Å². The van der Waals surface area contributed by atoms with E-state index in [1.54, 1.807) is 6.20 Å². The molecule has 2 heterocycles. The monoisotopic (exact) mass is 317 g/mol. The zero-order valence-corrected chi connectivity index (χ0v) is 14.1. The van der Waals surface area contributed by atoms with E-state index < -0.39 is 5.85 Å². The van der Waals surface area contributed by atoms with Crippen molar-refractivity contribution in [3.8, 4) is 0 Å². The molecule has 2 aromatic heterocycles. The highest BCUT2D eigenvalue weighted by Gasteiger charge is 2.36. The van der Waals surface area contributed by atoms with Crippen LogP contribution >= 0.6 is 0 Å². The van der Waals surface area contributed by atoms with E-state index >= 15 is 4.39 Å². The van der Waals surface area contributed by atoms with Crippen LogP contribution in [0.15, 0.2) is 24.4 Å². The van der Waals surface area contributed by atoms with Gasteiger partial charge in [-0.15, -0.1) is 0 Å². The molecule has 0 spiro atoms. The first-order chi connectivity index (χ1) is 11.0. The molecule has 0 N–H and O–H groups in total. The summed E-state index contributed by atoms with van der Waals surface area (Å²) < 4.78 is 22.8. The molecule has 0 bridgehead atoms. The summed E-state index contributed by atoms with van der Waals surface area (Å²) in [6, 6.07) is 5.76. The van der Waals surface area contributed by atoms with Gasteiger partial charge >= 0.3 is 0 Å². The highest BCUT2D eigenvalue weighted by atomic mass is 19.2. The van der Waals surface area contributed by atoms with E-state index in [2.05, 4.69) is 23.9 Å². The van der Waals surface area contributed by atoms with Crippen LogP contribution in [0.1, 0.15) is 62.3 Å². The van der Waals surface area contributed by atoms with Crippen LogP contribution in [-0.2, 0) is 30.0 Å². The number of alkyl halides is 1. The fourth-order valence-electron chi connectivity index (χ4n) is 3.17. The first-order valence-electron chi connectivity index (χ1n) is 8.32. The Morgan fingerprint density at radius 3 is 2.78 bits per heavy atom. The molecule has 1 unspecified atom stereocenters. The molecule has 0 aromatic carbocycles. The number of halogens is 1. The van der Waals surface area contributed by atoms with Crippen molar-refractivity contribution < 1.29 is 9.13 Å². The zero-order chi connectivity index (χ0) is 16.4. The third kappa shape index (κ3) is 3.29. The van der Waals surface area contributed by atoms with Gasteiger partial charge in [-0.25, -0.2) is 4.39 Å². The molecule has 5 heteroatoms. The summed E-state index contributed by atoms with van der Waals surface area (Å²) in [6.07, 6.45) is 5.76. The van der Waals surface area contributed by atoms with Crippen LogP contribution in [0.25, 0.3) is 0 Å². The second-order valence-electron chi connectivity index (χ2n) is 6.55. The minimum Gasteiger partial charge on any atom is -0.335 e. The third-order valence-electron chi connectivity index (χ3n) is 4.34. The molecule has 3 rings (SSSR count). The number of rotatable bonds is 5. The van der Waals surface area contributed by atoms with Gasteiger partial charge in [0, 0.05) is 30.4 Å². The van der Waals surface area contributed by atoms with E-state index in [0.717, 1.165) is 31.2 Å². The van der Waals surface area contributed by atoms with Crippen molar-refractivity contribution in [3.63, 3.8) is 0 Å². The highest BCUT2D eigenvalue weighted by molar-refractivity contribution is 5.32. The second-order valence-corrected chi connectivity index (χ2v) is 6.55. The topological polar surface area (TPSA) is 39.9 Å². The molecular weight excluding hydrogens is 293 g/mol. The quantitative estimate of drug-likeness (QED) is 0.833. The van der Waals surface area contributed by atoms with Gasteiger partial charge in [0.1, 0.15) is 5.69 Å². The van der Waals surface area contributed by atoms with E-state index in [4.69, 9.17) is 4.74 Å². The molecular formula is C18H24FN3O. The maximum Gasteiger partial charge on any atom is 0.252 e. The Bertz CT molecular complexity index is 664. The molecule has 0 saturated carbocycles. The van der Waals surface area contributed by atoms with Gasteiger partial charge in [-0.3, -0.25) is 9.67 Å². The van der Waals surface area contributed by atoms with E-state index in [0.29, 0.717) is 11.4 Å².